The van der Waals surface area contributed by atoms with Crippen molar-refractivity contribution in [3.8, 4) is 17.2 Å². The third-order valence-electron chi connectivity index (χ3n) is 4.83. The minimum absolute atomic E-state index is 0.212. The molecule has 0 bridgehead atoms. The van der Waals surface area contributed by atoms with Crippen LogP contribution in [0.3, 0.4) is 0 Å². The zero-order chi connectivity index (χ0) is 24.0. The van der Waals surface area contributed by atoms with Gasteiger partial charge in [0.1, 0.15) is 23.1 Å². The Kier molecular flexibility index (Phi) is 7.40. The van der Waals surface area contributed by atoms with Crippen LogP contribution in [0.25, 0.3) is 0 Å². The van der Waals surface area contributed by atoms with Crippen LogP contribution in [-0.4, -0.2) is 37.6 Å². The van der Waals surface area contributed by atoms with E-state index in [0.717, 1.165) is 22.7 Å². The number of nitrogens with zero attached hydrogens (tertiary/aromatic N) is 3. The molecule has 0 radical (unpaired) electrons. The Bertz CT molecular complexity index is 1200. The summed E-state index contributed by atoms with van der Waals surface area (Å²) in [5.41, 5.74) is 4.43. The molecule has 8 nitrogen and oxygen atoms in total. The fourth-order valence-electron chi connectivity index (χ4n) is 3.21. The van der Waals surface area contributed by atoms with Gasteiger partial charge in [0.2, 0.25) is 5.91 Å². The van der Waals surface area contributed by atoms with Crippen molar-refractivity contribution in [2.24, 2.45) is 9.98 Å². The Morgan fingerprint density at radius 1 is 1.06 bits per heavy atom. The molecular formula is C25H27N5O3. The molecule has 170 valence electrons. The maximum atomic E-state index is 11.6. The third kappa shape index (κ3) is 5.74. The lowest BCUT2D eigenvalue weighted by atomic mass is 10.1. The molecule has 0 aliphatic heterocycles. The molecule has 3 rings (SSSR count). The predicted molar refractivity (Wildman–Crippen MR) is 133 cm³/mol. The fourth-order valence-corrected chi connectivity index (χ4v) is 3.21. The van der Waals surface area contributed by atoms with Crippen LogP contribution < -0.4 is 20.1 Å². The van der Waals surface area contributed by atoms with Gasteiger partial charge in [-0.25, -0.2) is 0 Å². The lowest BCUT2D eigenvalue weighted by Crippen LogP contribution is -2.15. The second kappa shape index (κ2) is 10.4. The highest BCUT2D eigenvalue weighted by Crippen LogP contribution is 2.34. The van der Waals surface area contributed by atoms with E-state index >= 15 is 0 Å². The number of hydrogen-bond donors (Lipinski definition) is 2. The SMILES string of the molecule is C=Nc1cc(OC)c(NC(C)=O)cc1C(=NC)Nc1ccc(Oc2ccc(C)nc2)c(C)c1. The highest BCUT2D eigenvalue weighted by atomic mass is 16.5. The maximum Gasteiger partial charge on any atom is 0.221 e. The summed E-state index contributed by atoms with van der Waals surface area (Å²) >= 11 is 0. The quantitative estimate of drug-likeness (QED) is 0.381. The van der Waals surface area contributed by atoms with Gasteiger partial charge in [-0.2, -0.15) is 0 Å². The van der Waals surface area contributed by atoms with Crippen LogP contribution in [0.2, 0.25) is 0 Å². The molecule has 0 aliphatic rings. The van der Waals surface area contributed by atoms with Gasteiger partial charge in [-0.05, 0) is 62.5 Å². The van der Waals surface area contributed by atoms with Crippen molar-refractivity contribution in [1.29, 1.82) is 0 Å². The first-order chi connectivity index (χ1) is 15.8. The summed E-state index contributed by atoms with van der Waals surface area (Å²) in [6.45, 7) is 8.98. The number of pyridine rings is 1. The van der Waals surface area contributed by atoms with E-state index in [-0.39, 0.29) is 5.91 Å². The first-order valence-corrected chi connectivity index (χ1v) is 10.3. The van der Waals surface area contributed by atoms with Gasteiger partial charge in [-0.1, -0.05) is 0 Å². The van der Waals surface area contributed by atoms with Crippen LogP contribution in [0.1, 0.15) is 23.7 Å². The second-order valence-electron chi connectivity index (χ2n) is 7.32. The molecule has 0 saturated carbocycles. The van der Waals surface area contributed by atoms with E-state index in [1.165, 1.54) is 14.0 Å². The number of aromatic nitrogens is 1. The lowest BCUT2D eigenvalue weighted by Gasteiger charge is -2.17. The minimum atomic E-state index is -0.212. The average molecular weight is 446 g/mol. The van der Waals surface area contributed by atoms with Crippen LogP contribution in [0, 0.1) is 13.8 Å². The molecule has 33 heavy (non-hydrogen) atoms. The van der Waals surface area contributed by atoms with E-state index < -0.39 is 0 Å². The summed E-state index contributed by atoms with van der Waals surface area (Å²) in [6.07, 6.45) is 1.70. The van der Waals surface area contributed by atoms with Crippen molar-refractivity contribution in [2.75, 3.05) is 24.8 Å². The van der Waals surface area contributed by atoms with Gasteiger partial charge in [0.15, 0.2) is 0 Å². The number of aliphatic imine (C=N–C) groups is 2. The standard InChI is InChI=1S/C25H27N5O3/c1-15-11-18(8-10-23(15)33-19-9-7-16(2)28-14-19)30-25(27-5)20-12-22(29-17(3)31)24(32-6)13-21(20)26-4/h7-14H,4H2,1-3,5-6H3,(H,27,30)(H,29,31). The van der Waals surface area contributed by atoms with Crippen molar-refractivity contribution >= 4 is 35.5 Å². The van der Waals surface area contributed by atoms with E-state index in [1.807, 2.05) is 44.2 Å². The highest BCUT2D eigenvalue weighted by molar-refractivity contribution is 6.12. The molecule has 2 aromatic carbocycles. The Hall–Kier alpha value is -4.20. The molecule has 1 amide bonds. The third-order valence-corrected chi connectivity index (χ3v) is 4.83. The van der Waals surface area contributed by atoms with Crippen LogP contribution in [0.15, 0.2) is 58.6 Å². The van der Waals surface area contributed by atoms with Crippen LogP contribution in [0.5, 0.6) is 17.2 Å². The van der Waals surface area contributed by atoms with Gasteiger partial charge in [-0.3, -0.25) is 19.8 Å². The number of carbonyl (C=O) groups excluding carboxylic acids is 1. The minimum Gasteiger partial charge on any atom is -0.494 e. The molecule has 0 atom stereocenters. The number of aryl methyl sites for hydroxylation is 2. The smallest absolute Gasteiger partial charge is 0.221 e. The molecule has 0 aliphatic carbocycles. The van der Waals surface area contributed by atoms with Crippen LogP contribution >= 0.6 is 0 Å². The first-order valence-electron chi connectivity index (χ1n) is 10.3. The molecule has 0 unspecified atom stereocenters. The Morgan fingerprint density at radius 2 is 1.85 bits per heavy atom. The van der Waals surface area contributed by atoms with Crippen molar-refractivity contribution in [2.45, 2.75) is 20.8 Å². The number of nitrogens with one attached hydrogen (secondary N) is 2. The highest BCUT2D eigenvalue weighted by Gasteiger charge is 2.16. The van der Waals surface area contributed by atoms with Gasteiger partial charge < -0.3 is 20.1 Å². The molecule has 0 fully saturated rings. The van der Waals surface area contributed by atoms with Crippen molar-refractivity contribution < 1.29 is 14.3 Å². The van der Waals surface area contributed by atoms with Gasteiger partial charge in [0.25, 0.3) is 0 Å². The predicted octanol–water partition coefficient (Wildman–Crippen LogP) is 5.28. The molecule has 1 heterocycles. The van der Waals surface area contributed by atoms with Crippen LogP contribution in [-0.2, 0) is 4.79 Å². The summed E-state index contributed by atoms with van der Waals surface area (Å²) in [4.78, 5) is 24.4. The first kappa shape index (κ1) is 23.5. The van der Waals surface area contributed by atoms with Gasteiger partial charge in [0.05, 0.1) is 24.7 Å². The number of benzene rings is 2. The molecule has 2 N–H and O–H groups in total. The molecule has 1 aromatic heterocycles. The molecule has 3 aromatic rings. The zero-order valence-electron chi connectivity index (χ0n) is 19.4. The Labute approximate surface area is 193 Å². The van der Waals surface area contributed by atoms with E-state index in [2.05, 4.69) is 32.3 Å². The van der Waals surface area contributed by atoms with E-state index in [4.69, 9.17) is 9.47 Å². The normalized spacial score (nSPS) is 11.0. The van der Waals surface area contributed by atoms with Gasteiger partial charge in [-0.15, -0.1) is 0 Å². The number of carbonyl (C=O) groups is 1. The van der Waals surface area contributed by atoms with Crippen LogP contribution in [0.4, 0.5) is 17.1 Å². The number of hydrogen-bond acceptors (Lipinski definition) is 6. The fraction of sp³-hybridized carbons (Fsp3) is 0.200. The van der Waals surface area contributed by atoms with Gasteiger partial charge >= 0.3 is 0 Å². The number of anilines is 2. The topological polar surface area (TPSA) is 97.2 Å². The van der Waals surface area contributed by atoms with E-state index in [9.17, 15) is 4.79 Å². The Balaban J connectivity index is 1.89. The average Bonchev–Trinajstić information content (AvgIpc) is 2.80. The number of amidine groups is 1. The molecule has 0 saturated heterocycles. The summed E-state index contributed by atoms with van der Waals surface area (Å²) in [7, 11) is 3.20. The number of rotatable bonds is 7. The molecule has 8 heteroatoms. The number of amides is 1. The number of methoxy groups -OCH3 is 1. The van der Waals surface area contributed by atoms with Crippen molar-refractivity contribution in [1.82, 2.24) is 4.98 Å². The summed E-state index contributed by atoms with van der Waals surface area (Å²) in [6, 6.07) is 13.0. The lowest BCUT2D eigenvalue weighted by molar-refractivity contribution is -0.114. The summed E-state index contributed by atoms with van der Waals surface area (Å²) < 4.78 is 11.3. The second-order valence-corrected chi connectivity index (χ2v) is 7.32. The van der Waals surface area contributed by atoms with E-state index in [0.29, 0.717) is 34.3 Å². The maximum absolute atomic E-state index is 11.6. The summed E-state index contributed by atoms with van der Waals surface area (Å²) in [5.74, 6) is 2.23. The van der Waals surface area contributed by atoms with Crippen molar-refractivity contribution in [3.05, 3.63) is 65.5 Å². The largest absolute Gasteiger partial charge is 0.494 e. The zero-order valence-corrected chi connectivity index (χ0v) is 19.4. The number of ether oxygens (including phenoxy) is 2. The van der Waals surface area contributed by atoms with Crippen molar-refractivity contribution in [3.63, 3.8) is 0 Å². The molecule has 0 spiro atoms. The monoisotopic (exact) mass is 445 g/mol. The van der Waals surface area contributed by atoms with E-state index in [1.54, 1.807) is 25.4 Å². The summed E-state index contributed by atoms with van der Waals surface area (Å²) in [5, 5.41) is 6.09. The molecular weight excluding hydrogens is 418 g/mol. The van der Waals surface area contributed by atoms with Gasteiger partial charge in [0, 0.05) is 37.0 Å². The Morgan fingerprint density at radius 3 is 2.42 bits per heavy atom.